The molecule has 3 aromatic carbocycles. The summed E-state index contributed by atoms with van der Waals surface area (Å²) in [5, 5.41) is 22.5. The van der Waals surface area contributed by atoms with Gasteiger partial charge < -0.3 is 29.8 Å². The molecule has 0 aromatic heterocycles. The number of carboxylic acid groups (broad SMARTS) is 1. The summed E-state index contributed by atoms with van der Waals surface area (Å²) in [7, 11) is 0. The van der Waals surface area contributed by atoms with Crippen LogP contribution in [-0.4, -0.2) is 48.3 Å². The second-order valence-corrected chi connectivity index (χ2v) is 8.46. The number of carboxylic acids is 1. The average molecular weight is 478 g/mol. The third-order valence-corrected chi connectivity index (χ3v) is 5.92. The van der Waals surface area contributed by atoms with E-state index < -0.39 is 11.5 Å². The molecule has 0 heterocycles. The van der Waals surface area contributed by atoms with Crippen LogP contribution in [0.1, 0.15) is 22.3 Å². The van der Waals surface area contributed by atoms with E-state index >= 15 is 0 Å². The van der Waals surface area contributed by atoms with Gasteiger partial charge in [-0.15, -0.1) is 0 Å². The molecule has 35 heavy (non-hydrogen) atoms. The maximum absolute atomic E-state index is 12.3. The maximum Gasteiger partial charge on any atom is 0.330 e. The van der Waals surface area contributed by atoms with Crippen LogP contribution in [0.25, 0.3) is 0 Å². The molecule has 0 amide bonds. The van der Waals surface area contributed by atoms with Gasteiger partial charge >= 0.3 is 5.97 Å². The normalized spacial score (nSPS) is 13.2. The number of benzene rings is 3. The predicted molar refractivity (Wildman–Crippen MR) is 134 cm³/mol. The fourth-order valence-corrected chi connectivity index (χ4v) is 4.30. The lowest BCUT2D eigenvalue weighted by Gasteiger charge is -2.27. The van der Waals surface area contributed by atoms with Crippen LogP contribution >= 0.6 is 0 Å². The van der Waals surface area contributed by atoms with Gasteiger partial charge in [-0.25, -0.2) is 4.79 Å². The number of carbonyl (C=O) groups excluding carboxylic acids is 1. The van der Waals surface area contributed by atoms with Gasteiger partial charge in [0.1, 0.15) is 18.9 Å². The zero-order chi connectivity index (χ0) is 25.3. The summed E-state index contributed by atoms with van der Waals surface area (Å²) in [6.07, 6.45) is 1.54. The fraction of sp³-hybridized carbons (Fsp3) is 0.286. The summed E-state index contributed by atoms with van der Waals surface area (Å²) in [4.78, 5) is 20.3. The van der Waals surface area contributed by atoms with E-state index in [1.807, 2.05) is 37.1 Å². The number of nitrogens with one attached hydrogen (secondary N) is 1. The van der Waals surface area contributed by atoms with Gasteiger partial charge in [-0.2, -0.15) is 0 Å². The number of rotatable bonds is 10. The highest BCUT2D eigenvalue weighted by Gasteiger charge is 2.44. The Hall–Kier alpha value is -3.84. The first-order valence-electron chi connectivity index (χ1n) is 11.4. The Kier molecular flexibility index (Phi) is 8.86. The highest BCUT2D eigenvalue weighted by atomic mass is 16.5. The van der Waals surface area contributed by atoms with Gasteiger partial charge in [0, 0.05) is 31.0 Å². The van der Waals surface area contributed by atoms with E-state index in [9.17, 15) is 9.90 Å². The third kappa shape index (κ3) is 6.39. The smallest absolute Gasteiger partial charge is 0.330 e. The number of aliphatic hydroxyl groups is 1. The monoisotopic (exact) mass is 477 g/mol. The first-order valence-corrected chi connectivity index (χ1v) is 11.4. The van der Waals surface area contributed by atoms with E-state index in [0.717, 1.165) is 17.5 Å². The van der Waals surface area contributed by atoms with Crippen LogP contribution in [0.15, 0.2) is 66.7 Å². The van der Waals surface area contributed by atoms with E-state index in [2.05, 4.69) is 30.4 Å². The lowest BCUT2D eigenvalue weighted by molar-refractivity contribution is -0.142. The van der Waals surface area contributed by atoms with Crippen LogP contribution in [0, 0.1) is 6.92 Å². The van der Waals surface area contributed by atoms with Crippen LogP contribution < -0.4 is 14.8 Å². The van der Waals surface area contributed by atoms with Gasteiger partial charge in [0.25, 0.3) is 0 Å². The molecule has 0 bridgehead atoms. The molecular formula is C28H31NO6. The van der Waals surface area contributed by atoms with Crippen molar-refractivity contribution < 1.29 is 29.3 Å². The van der Waals surface area contributed by atoms with Crippen molar-refractivity contribution in [2.75, 3.05) is 25.1 Å². The molecule has 0 unspecified atom stereocenters. The summed E-state index contributed by atoms with van der Waals surface area (Å²) in [6, 6.07) is 21.4. The number of aliphatic carboxylic acids is 1. The van der Waals surface area contributed by atoms with E-state index in [1.165, 1.54) is 11.1 Å². The van der Waals surface area contributed by atoms with Crippen LogP contribution in [0.3, 0.4) is 0 Å². The van der Waals surface area contributed by atoms with Crippen molar-refractivity contribution in [2.24, 2.45) is 0 Å². The summed E-state index contributed by atoms with van der Waals surface area (Å²) in [5.41, 5.74) is 4.00. The van der Waals surface area contributed by atoms with Crippen LogP contribution in [0.2, 0.25) is 0 Å². The maximum atomic E-state index is 12.3. The highest BCUT2D eigenvalue weighted by molar-refractivity contribution is 5.85. The van der Waals surface area contributed by atoms with E-state index in [-0.39, 0.29) is 13.2 Å². The third-order valence-electron chi connectivity index (χ3n) is 5.92. The molecule has 3 aromatic rings. The molecule has 1 aliphatic carbocycles. The Morgan fingerprint density at radius 1 is 0.943 bits per heavy atom. The molecule has 0 atom stereocenters. The largest absolute Gasteiger partial charge is 0.489 e. The van der Waals surface area contributed by atoms with Crippen LogP contribution in [-0.2, 0) is 28.9 Å². The Labute approximate surface area is 205 Å². The Morgan fingerprint density at radius 2 is 1.63 bits per heavy atom. The topological polar surface area (TPSA) is 105 Å². The summed E-state index contributed by atoms with van der Waals surface area (Å²) < 4.78 is 11.7. The second-order valence-electron chi connectivity index (χ2n) is 8.46. The first-order chi connectivity index (χ1) is 17.0. The molecule has 0 saturated heterocycles. The quantitative estimate of drug-likeness (QED) is 0.408. The second kappa shape index (κ2) is 12.0. The molecule has 0 aliphatic heterocycles. The lowest BCUT2D eigenvalue weighted by Crippen LogP contribution is -2.47. The zero-order valence-corrected chi connectivity index (χ0v) is 19.8. The number of carbonyl (C=O) groups is 2. The van der Waals surface area contributed by atoms with Gasteiger partial charge in [0.2, 0.25) is 0 Å². The van der Waals surface area contributed by atoms with Crippen molar-refractivity contribution in [3.8, 4) is 11.5 Å². The Bertz CT molecular complexity index is 1120. The van der Waals surface area contributed by atoms with Crippen molar-refractivity contribution in [1.82, 2.24) is 0 Å². The molecule has 0 radical (unpaired) electrons. The zero-order valence-electron chi connectivity index (χ0n) is 19.8. The summed E-state index contributed by atoms with van der Waals surface area (Å²) in [5.74, 6) is 0.135. The highest BCUT2D eigenvalue weighted by Crippen LogP contribution is 2.36. The van der Waals surface area contributed by atoms with E-state index in [1.54, 1.807) is 18.2 Å². The minimum Gasteiger partial charge on any atom is -0.489 e. The predicted octanol–water partition coefficient (Wildman–Crippen LogP) is 3.84. The average Bonchev–Trinajstić information content (AvgIpc) is 3.24. The summed E-state index contributed by atoms with van der Waals surface area (Å²) in [6.45, 7) is 4.54. The SMILES string of the molecule is C=O.Cc1cccc(CCOc2cc(NC3(C(=O)O)Cc4ccccc4C3)ccc2OCCO)c1. The number of hydrogen-bond acceptors (Lipinski definition) is 6. The molecule has 7 heteroatoms. The number of aliphatic hydroxyl groups excluding tert-OH is 1. The first kappa shape index (κ1) is 25.8. The number of fused-ring (bicyclic) bond motifs is 1. The standard InChI is InChI=1S/C27H29NO5.CH2O/c1-19-5-4-6-20(15-19)11-13-32-25-16-23(9-10-24(25)33-14-12-29)28-27(26(30)31)17-21-7-2-3-8-22(21)18-27;1-2/h2-10,15-16,28-29H,11-14,17-18H2,1H3,(H,30,31);1H2. The van der Waals surface area contributed by atoms with Crippen molar-refractivity contribution in [3.05, 3.63) is 89.0 Å². The Morgan fingerprint density at radius 3 is 2.26 bits per heavy atom. The number of aryl methyl sites for hydroxylation is 1. The lowest BCUT2D eigenvalue weighted by atomic mass is 9.95. The molecule has 7 nitrogen and oxygen atoms in total. The van der Waals surface area contributed by atoms with Crippen molar-refractivity contribution in [2.45, 2.75) is 31.7 Å². The van der Waals surface area contributed by atoms with Gasteiger partial charge in [0.05, 0.1) is 13.2 Å². The molecule has 0 fully saturated rings. The van der Waals surface area contributed by atoms with Gasteiger partial charge in [0.15, 0.2) is 11.5 Å². The van der Waals surface area contributed by atoms with Crippen LogP contribution in [0.4, 0.5) is 5.69 Å². The molecule has 3 N–H and O–H groups in total. The van der Waals surface area contributed by atoms with Gasteiger partial charge in [-0.1, -0.05) is 54.1 Å². The molecule has 4 rings (SSSR count). The summed E-state index contributed by atoms with van der Waals surface area (Å²) >= 11 is 0. The van der Waals surface area contributed by atoms with Crippen molar-refractivity contribution in [3.63, 3.8) is 0 Å². The minimum atomic E-state index is -1.12. The van der Waals surface area contributed by atoms with Crippen molar-refractivity contribution in [1.29, 1.82) is 0 Å². The number of ether oxygens (including phenoxy) is 2. The fourth-order valence-electron chi connectivity index (χ4n) is 4.30. The number of anilines is 1. The number of hydrogen-bond donors (Lipinski definition) is 3. The van der Waals surface area contributed by atoms with Gasteiger partial charge in [-0.3, -0.25) is 0 Å². The molecule has 0 spiro atoms. The molecule has 0 saturated carbocycles. The molecular weight excluding hydrogens is 446 g/mol. The Balaban J connectivity index is 0.00000167. The van der Waals surface area contributed by atoms with E-state index in [4.69, 9.17) is 19.4 Å². The van der Waals surface area contributed by atoms with Crippen molar-refractivity contribution >= 4 is 18.4 Å². The van der Waals surface area contributed by atoms with E-state index in [0.29, 0.717) is 36.6 Å². The molecule has 184 valence electrons. The minimum absolute atomic E-state index is 0.108. The molecule has 1 aliphatic rings. The van der Waals surface area contributed by atoms with Gasteiger partial charge in [-0.05, 0) is 35.7 Å². The van der Waals surface area contributed by atoms with Crippen LogP contribution in [0.5, 0.6) is 11.5 Å².